The Labute approximate surface area is 345 Å². The number of nitrogens with one attached hydrogen (secondary N) is 1. The Morgan fingerprint density at radius 3 is 1.68 bits per heavy atom. The molecule has 1 heterocycles. The third kappa shape index (κ3) is 28.2. The lowest BCUT2D eigenvalue weighted by Crippen LogP contribution is -2.60. The number of carbonyl (C=O) groups is 1. The van der Waals surface area contributed by atoms with E-state index in [1.165, 1.54) is 44.9 Å². The van der Waals surface area contributed by atoms with Crippen LogP contribution in [0.3, 0.4) is 0 Å². The molecule has 0 radical (unpaired) electrons. The molecular formula is C48H79NO8. The highest BCUT2D eigenvalue weighted by atomic mass is 16.7. The quantitative estimate of drug-likeness (QED) is 0.0279. The van der Waals surface area contributed by atoms with Crippen LogP contribution in [0.2, 0.25) is 0 Å². The molecule has 0 saturated carbocycles. The van der Waals surface area contributed by atoms with Gasteiger partial charge in [-0.1, -0.05) is 150 Å². The fourth-order valence-electron chi connectivity index (χ4n) is 6.11. The minimum absolute atomic E-state index is 0.225. The fraction of sp³-hybridized carbons (Fsp3) is 0.646. The Morgan fingerprint density at radius 2 is 1.11 bits per heavy atom. The van der Waals surface area contributed by atoms with E-state index < -0.39 is 49.5 Å². The number of ether oxygens (including phenoxy) is 2. The lowest BCUT2D eigenvalue weighted by atomic mass is 9.99. The van der Waals surface area contributed by atoms with Crippen LogP contribution in [0.4, 0.5) is 0 Å². The number of hydrogen-bond acceptors (Lipinski definition) is 8. The van der Waals surface area contributed by atoms with Crippen molar-refractivity contribution in [3.63, 3.8) is 0 Å². The SMILES string of the molecule is CC/C=C\C/C=C\C/C=C\C/C=C\C/C=C\C/C=C\CCCCC(=O)NC(COC1OC(CO)C(O)C(O)C1O)C(O)/C=C/CC/C=C/CCCCCCCCC. The van der Waals surface area contributed by atoms with E-state index in [4.69, 9.17) is 9.47 Å². The molecule has 9 nitrogen and oxygen atoms in total. The zero-order valence-corrected chi connectivity index (χ0v) is 35.3. The summed E-state index contributed by atoms with van der Waals surface area (Å²) in [5, 5.41) is 54.0. The molecule has 57 heavy (non-hydrogen) atoms. The Morgan fingerprint density at radius 1 is 0.614 bits per heavy atom. The number of aliphatic hydroxyl groups is 5. The summed E-state index contributed by atoms with van der Waals surface area (Å²) in [6.45, 7) is 3.57. The Hall–Kier alpha value is -2.89. The topological polar surface area (TPSA) is 149 Å². The number of rotatable bonds is 34. The lowest BCUT2D eigenvalue weighted by Gasteiger charge is -2.40. The van der Waals surface area contributed by atoms with Gasteiger partial charge in [-0.05, 0) is 83.5 Å². The zero-order chi connectivity index (χ0) is 41.6. The molecule has 324 valence electrons. The molecule has 9 heteroatoms. The minimum Gasteiger partial charge on any atom is -0.394 e. The summed E-state index contributed by atoms with van der Waals surface area (Å²) < 4.78 is 11.2. The van der Waals surface area contributed by atoms with E-state index in [-0.39, 0.29) is 18.9 Å². The van der Waals surface area contributed by atoms with Crippen LogP contribution >= 0.6 is 0 Å². The summed E-state index contributed by atoms with van der Waals surface area (Å²) in [5.74, 6) is -0.235. The van der Waals surface area contributed by atoms with Crippen LogP contribution in [0.25, 0.3) is 0 Å². The molecule has 1 amide bonds. The van der Waals surface area contributed by atoms with Gasteiger partial charge >= 0.3 is 0 Å². The lowest BCUT2D eigenvalue weighted by molar-refractivity contribution is -0.302. The largest absolute Gasteiger partial charge is 0.394 e. The van der Waals surface area contributed by atoms with Crippen molar-refractivity contribution in [2.75, 3.05) is 13.2 Å². The van der Waals surface area contributed by atoms with Crippen LogP contribution in [0, 0.1) is 0 Å². The smallest absolute Gasteiger partial charge is 0.220 e. The van der Waals surface area contributed by atoms with E-state index in [1.807, 2.05) is 6.08 Å². The van der Waals surface area contributed by atoms with Crippen molar-refractivity contribution >= 4 is 5.91 Å². The van der Waals surface area contributed by atoms with Gasteiger partial charge in [0, 0.05) is 6.42 Å². The minimum atomic E-state index is -1.58. The predicted molar refractivity (Wildman–Crippen MR) is 234 cm³/mol. The fourth-order valence-corrected chi connectivity index (χ4v) is 6.11. The van der Waals surface area contributed by atoms with Crippen LogP contribution in [-0.4, -0.2) is 87.5 Å². The molecule has 1 rings (SSSR count). The van der Waals surface area contributed by atoms with E-state index in [2.05, 4.69) is 104 Å². The standard InChI is InChI=1S/C48H79NO8/c1-3-5-7-9-11-13-15-17-18-19-20-21-22-23-24-26-28-30-32-34-36-38-44(52)49-41(40-56-48-47(55)46(54)45(53)43(39-50)57-48)42(51)37-35-33-31-29-27-25-16-14-12-10-8-6-4-2/h5,7,11,13,17-18,20-21,23-24,27-30,35,37,41-43,45-48,50-51,53-55H,3-4,6,8-10,12,14-16,19,22,25-26,31-34,36,38-40H2,1-2H3,(H,49,52)/b7-5-,13-11-,18-17-,21-20-,24-23-,29-27+,30-28-,37-35+. The molecule has 0 aromatic carbocycles. The average molecular weight is 798 g/mol. The van der Waals surface area contributed by atoms with E-state index in [0.29, 0.717) is 6.42 Å². The highest BCUT2D eigenvalue weighted by Crippen LogP contribution is 2.22. The van der Waals surface area contributed by atoms with Crippen LogP contribution in [0.1, 0.15) is 142 Å². The summed E-state index contributed by atoms with van der Waals surface area (Å²) in [5.41, 5.74) is 0. The van der Waals surface area contributed by atoms with E-state index in [1.54, 1.807) is 6.08 Å². The predicted octanol–water partition coefficient (Wildman–Crippen LogP) is 8.94. The molecule has 0 aromatic rings. The maximum Gasteiger partial charge on any atom is 0.220 e. The number of unbranched alkanes of at least 4 members (excludes halogenated alkanes) is 10. The molecular weight excluding hydrogens is 719 g/mol. The van der Waals surface area contributed by atoms with Gasteiger partial charge < -0.3 is 40.3 Å². The molecule has 0 aliphatic carbocycles. The Kier molecular flexibility index (Phi) is 34.2. The van der Waals surface area contributed by atoms with E-state index in [0.717, 1.165) is 70.6 Å². The normalized spacial score (nSPS) is 22.0. The van der Waals surface area contributed by atoms with Crippen molar-refractivity contribution in [2.24, 2.45) is 0 Å². The summed E-state index contributed by atoms with van der Waals surface area (Å²) in [7, 11) is 0. The van der Waals surface area contributed by atoms with Gasteiger partial charge in [-0.15, -0.1) is 0 Å². The second-order valence-corrected chi connectivity index (χ2v) is 14.7. The van der Waals surface area contributed by atoms with Crippen LogP contribution in [0.15, 0.2) is 97.2 Å². The second-order valence-electron chi connectivity index (χ2n) is 14.7. The van der Waals surface area contributed by atoms with Gasteiger partial charge in [0.15, 0.2) is 6.29 Å². The first-order chi connectivity index (χ1) is 27.8. The molecule has 7 atom stereocenters. The van der Waals surface area contributed by atoms with Gasteiger partial charge in [0.2, 0.25) is 5.91 Å². The molecule has 0 aromatic heterocycles. The third-order valence-electron chi connectivity index (χ3n) is 9.64. The molecule has 1 aliphatic heterocycles. The summed E-state index contributed by atoms with van der Waals surface area (Å²) in [6, 6.07) is -0.850. The summed E-state index contributed by atoms with van der Waals surface area (Å²) in [6.07, 6.45) is 45.9. The van der Waals surface area contributed by atoms with Gasteiger partial charge in [0.25, 0.3) is 0 Å². The van der Waals surface area contributed by atoms with Crippen molar-refractivity contribution in [2.45, 2.75) is 185 Å². The van der Waals surface area contributed by atoms with Gasteiger partial charge in [-0.25, -0.2) is 0 Å². The number of carbonyl (C=O) groups excluding carboxylic acids is 1. The molecule has 0 spiro atoms. The van der Waals surface area contributed by atoms with Crippen molar-refractivity contribution in [3.8, 4) is 0 Å². The van der Waals surface area contributed by atoms with E-state index >= 15 is 0 Å². The first kappa shape index (κ1) is 52.1. The van der Waals surface area contributed by atoms with Crippen LogP contribution in [0.5, 0.6) is 0 Å². The number of allylic oxidation sites excluding steroid dienone is 15. The van der Waals surface area contributed by atoms with Gasteiger partial charge in [-0.2, -0.15) is 0 Å². The second kappa shape index (κ2) is 37.4. The first-order valence-electron chi connectivity index (χ1n) is 22.0. The van der Waals surface area contributed by atoms with Crippen molar-refractivity contribution in [1.29, 1.82) is 0 Å². The van der Waals surface area contributed by atoms with Crippen molar-refractivity contribution in [3.05, 3.63) is 97.2 Å². The molecule has 1 aliphatic rings. The molecule has 6 N–H and O–H groups in total. The van der Waals surface area contributed by atoms with Gasteiger partial charge in [-0.3, -0.25) is 4.79 Å². The molecule has 1 saturated heterocycles. The maximum atomic E-state index is 12.9. The highest BCUT2D eigenvalue weighted by molar-refractivity contribution is 5.76. The maximum absolute atomic E-state index is 12.9. The van der Waals surface area contributed by atoms with Crippen LogP contribution < -0.4 is 5.32 Å². The molecule has 7 unspecified atom stereocenters. The zero-order valence-electron chi connectivity index (χ0n) is 35.3. The van der Waals surface area contributed by atoms with Crippen molar-refractivity contribution in [1.82, 2.24) is 5.32 Å². The van der Waals surface area contributed by atoms with Crippen LogP contribution in [-0.2, 0) is 14.3 Å². The number of aliphatic hydroxyl groups excluding tert-OH is 5. The van der Waals surface area contributed by atoms with Gasteiger partial charge in [0.05, 0.1) is 25.4 Å². The highest BCUT2D eigenvalue weighted by Gasteiger charge is 2.44. The Balaban J connectivity index is 2.44. The van der Waals surface area contributed by atoms with Gasteiger partial charge in [0.1, 0.15) is 24.4 Å². The molecule has 0 bridgehead atoms. The molecule has 1 fully saturated rings. The number of amides is 1. The first-order valence-corrected chi connectivity index (χ1v) is 22.0. The third-order valence-corrected chi connectivity index (χ3v) is 9.64. The summed E-state index contributed by atoms with van der Waals surface area (Å²) in [4.78, 5) is 12.9. The van der Waals surface area contributed by atoms with E-state index in [9.17, 15) is 30.3 Å². The average Bonchev–Trinajstić information content (AvgIpc) is 3.21. The Bertz CT molecular complexity index is 1200. The summed E-state index contributed by atoms with van der Waals surface area (Å²) >= 11 is 0. The van der Waals surface area contributed by atoms with Crippen molar-refractivity contribution < 1.29 is 39.8 Å². The monoisotopic (exact) mass is 798 g/mol. The number of hydrogen-bond donors (Lipinski definition) is 6.